The molecule has 0 spiro atoms. The Morgan fingerprint density at radius 2 is 1.92 bits per heavy atom. The average molecular weight is 342 g/mol. The molecule has 2 aliphatic heterocycles. The van der Waals surface area contributed by atoms with E-state index in [-0.39, 0.29) is 18.0 Å². The first-order valence-corrected chi connectivity index (χ1v) is 7.81. The normalized spacial score (nSPS) is 17.0. The number of ether oxygens (including phenoxy) is 4. The topological polar surface area (TPSA) is 54.0 Å². The number of benzene rings is 2. The molecule has 6 heteroatoms. The number of fused-ring (bicyclic) bond motifs is 2. The fraction of sp³-hybridized carbons (Fsp3) is 0.211. The van der Waals surface area contributed by atoms with Crippen LogP contribution in [0.1, 0.15) is 15.9 Å². The molecule has 0 atom stereocenters. The molecule has 128 valence electrons. The second-order valence-corrected chi connectivity index (χ2v) is 5.68. The van der Waals surface area contributed by atoms with Crippen molar-refractivity contribution in [3.63, 3.8) is 0 Å². The highest BCUT2D eigenvalue weighted by molar-refractivity contribution is 6.14. The first kappa shape index (κ1) is 15.5. The van der Waals surface area contributed by atoms with Crippen LogP contribution >= 0.6 is 0 Å². The van der Waals surface area contributed by atoms with E-state index in [1.165, 1.54) is 18.2 Å². The van der Waals surface area contributed by atoms with Gasteiger partial charge in [0.25, 0.3) is 0 Å². The molecule has 2 aromatic carbocycles. The van der Waals surface area contributed by atoms with Crippen molar-refractivity contribution in [2.24, 2.45) is 0 Å². The second kappa shape index (κ2) is 6.12. The maximum atomic E-state index is 13.4. The maximum absolute atomic E-state index is 13.4. The Hall–Kier alpha value is -3.02. The smallest absolute Gasteiger partial charge is 0.203 e. The number of ketones is 1. The van der Waals surface area contributed by atoms with E-state index in [4.69, 9.17) is 18.9 Å². The molecule has 0 N–H and O–H groups in total. The molecule has 2 aliphatic rings. The first-order valence-electron chi connectivity index (χ1n) is 7.81. The van der Waals surface area contributed by atoms with E-state index in [1.54, 1.807) is 25.3 Å². The van der Waals surface area contributed by atoms with Gasteiger partial charge in [-0.2, -0.15) is 0 Å². The van der Waals surface area contributed by atoms with Gasteiger partial charge in [-0.1, -0.05) is 0 Å². The van der Waals surface area contributed by atoms with Gasteiger partial charge in [0.2, 0.25) is 5.75 Å². The number of Topliss-reactive ketones (excluding diaryl/α,β-unsaturated/α-hetero) is 1. The molecular formula is C19H15FO5. The van der Waals surface area contributed by atoms with Crippen LogP contribution < -0.4 is 18.9 Å². The molecule has 2 heterocycles. The van der Waals surface area contributed by atoms with Crippen LogP contribution in [0.25, 0.3) is 6.08 Å². The van der Waals surface area contributed by atoms with Crippen LogP contribution in [0.4, 0.5) is 4.39 Å². The minimum atomic E-state index is -0.474. The molecule has 0 saturated carbocycles. The Labute approximate surface area is 143 Å². The lowest BCUT2D eigenvalue weighted by Crippen LogP contribution is -2.19. The maximum Gasteiger partial charge on any atom is 0.203 e. The number of carbonyl (C=O) groups excluding carboxylic acids is 1. The summed E-state index contributed by atoms with van der Waals surface area (Å²) in [6, 6.07) is 7.46. The van der Waals surface area contributed by atoms with Crippen LogP contribution in [0.15, 0.2) is 35.9 Å². The SMILES string of the molecule is COc1cc(C=C2COc3ccc(F)cc3C2=O)cc2c1OCCO2. The third-order valence-corrected chi connectivity index (χ3v) is 4.05. The van der Waals surface area contributed by atoms with E-state index in [1.807, 2.05) is 0 Å². The highest BCUT2D eigenvalue weighted by Gasteiger charge is 2.25. The summed E-state index contributed by atoms with van der Waals surface area (Å²) in [7, 11) is 1.54. The Kier molecular flexibility index (Phi) is 3.80. The second-order valence-electron chi connectivity index (χ2n) is 5.68. The zero-order valence-corrected chi connectivity index (χ0v) is 13.5. The first-order chi connectivity index (χ1) is 12.2. The number of carbonyl (C=O) groups is 1. The van der Waals surface area contributed by atoms with Gasteiger partial charge in [-0.15, -0.1) is 0 Å². The lowest BCUT2D eigenvalue weighted by molar-refractivity contribution is 0.1000. The van der Waals surface area contributed by atoms with Crippen molar-refractivity contribution in [3.05, 3.63) is 52.8 Å². The summed E-state index contributed by atoms with van der Waals surface area (Å²) in [5.41, 5.74) is 1.37. The van der Waals surface area contributed by atoms with Crippen LogP contribution in [0, 0.1) is 5.82 Å². The standard InChI is InChI=1S/C19H15FO5/c1-22-16-7-11(8-17-19(16)24-5-4-23-17)6-12-10-25-15-3-2-13(20)9-14(15)18(12)21/h2-3,6-9H,4-5,10H2,1H3. The zero-order valence-electron chi connectivity index (χ0n) is 13.5. The summed E-state index contributed by atoms with van der Waals surface area (Å²) in [6.07, 6.45) is 1.69. The van der Waals surface area contributed by atoms with E-state index in [2.05, 4.69) is 0 Å². The summed E-state index contributed by atoms with van der Waals surface area (Å²) in [4.78, 5) is 12.6. The van der Waals surface area contributed by atoms with Gasteiger partial charge in [0.1, 0.15) is 31.4 Å². The van der Waals surface area contributed by atoms with Gasteiger partial charge in [0, 0.05) is 5.57 Å². The molecule has 0 saturated heterocycles. The minimum Gasteiger partial charge on any atom is -0.493 e. The van der Waals surface area contributed by atoms with E-state index in [9.17, 15) is 9.18 Å². The molecule has 25 heavy (non-hydrogen) atoms. The Morgan fingerprint density at radius 3 is 2.76 bits per heavy atom. The summed E-state index contributed by atoms with van der Waals surface area (Å²) in [5.74, 6) is 1.30. The average Bonchev–Trinajstić information content (AvgIpc) is 2.64. The molecular weight excluding hydrogens is 327 g/mol. The summed E-state index contributed by atoms with van der Waals surface area (Å²) in [6.45, 7) is 1.03. The van der Waals surface area contributed by atoms with Crippen molar-refractivity contribution in [2.75, 3.05) is 26.9 Å². The van der Waals surface area contributed by atoms with Crippen LogP contribution in [-0.4, -0.2) is 32.7 Å². The quantitative estimate of drug-likeness (QED) is 0.784. The van der Waals surface area contributed by atoms with Gasteiger partial charge in [0.15, 0.2) is 17.3 Å². The molecule has 0 bridgehead atoms. The molecule has 0 fully saturated rings. The van der Waals surface area contributed by atoms with Gasteiger partial charge < -0.3 is 18.9 Å². The summed E-state index contributed by atoms with van der Waals surface area (Å²) < 4.78 is 35.5. The van der Waals surface area contributed by atoms with Crippen LogP contribution in [0.5, 0.6) is 23.0 Å². The van der Waals surface area contributed by atoms with Crippen LogP contribution in [0.3, 0.4) is 0 Å². The number of halogens is 1. The lowest BCUT2D eigenvalue weighted by atomic mass is 9.98. The third-order valence-electron chi connectivity index (χ3n) is 4.05. The Bertz CT molecular complexity index is 870. The molecule has 2 aromatic rings. The van der Waals surface area contributed by atoms with Crippen molar-refractivity contribution in [3.8, 4) is 23.0 Å². The molecule has 5 nitrogen and oxygen atoms in total. The number of hydrogen-bond acceptors (Lipinski definition) is 5. The highest BCUT2D eigenvalue weighted by Crippen LogP contribution is 2.41. The van der Waals surface area contributed by atoms with Crippen molar-refractivity contribution in [1.82, 2.24) is 0 Å². The van der Waals surface area contributed by atoms with Gasteiger partial charge >= 0.3 is 0 Å². The molecule has 0 radical (unpaired) electrons. The van der Waals surface area contributed by atoms with Gasteiger partial charge in [-0.3, -0.25) is 4.79 Å². The predicted molar refractivity (Wildman–Crippen MR) is 88.2 cm³/mol. The van der Waals surface area contributed by atoms with Crippen molar-refractivity contribution in [1.29, 1.82) is 0 Å². The molecule has 4 rings (SSSR count). The molecule has 0 unspecified atom stereocenters. The Balaban J connectivity index is 1.73. The molecule has 0 aromatic heterocycles. The molecule has 0 aliphatic carbocycles. The van der Waals surface area contributed by atoms with Crippen LogP contribution in [0.2, 0.25) is 0 Å². The van der Waals surface area contributed by atoms with Gasteiger partial charge in [0.05, 0.1) is 12.7 Å². The van der Waals surface area contributed by atoms with E-state index in [0.717, 1.165) is 0 Å². The van der Waals surface area contributed by atoms with Crippen molar-refractivity contribution < 1.29 is 28.1 Å². The highest BCUT2D eigenvalue weighted by atomic mass is 19.1. The fourth-order valence-corrected chi connectivity index (χ4v) is 2.88. The summed E-state index contributed by atoms with van der Waals surface area (Å²) >= 11 is 0. The minimum absolute atomic E-state index is 0.119. The zero-order chi connectivity index (χ0) is 17.4. The fourth-order valence-electron chi connectivity index (χ4n) is 2.88. The summed E-state index contributed by atoms with van der Waals surface area (Å²) in [5, 5.41) is 0. The van der Waals surface area contributed by atoms with E-state index >= 15 is 0 Å². The van der Waals surface area contributed by atoms with E-state index in [0.29, 0.717) is 47.3 Å². The lowest BCUT2D eigenvalue weighted by Gasteiger charge is -2.22. The number of hydrogen-bond donors (Lipinski definition) is 0. The van der Waals surface area contributed by atoms with E-state index < -0.39 is 5.82 Å². The van der Waals surface area contributed by atoms with Crippen LogP contribution in [-0.2, 0) is 0 Å². The monoisotopic (exact) mass is 342 g/mol. The third kappa shape index (κ3) is 2.80. The van der Waals surface area contributed by atoms with Gasteiger partial charge in [-0.25, -0.2) is 4.39 Å². The van der Waals surface area contributed by atoms with Crippen molar-refractivity contribution in [2.45, 2.75) is 0 Å². The number of methoxy groups -OCH3 is 1. The molecule has 0 amide bonds. The predicted octanol–water partition coefficient (Wildman–Crippen LogP) is 3.26. The Morgan fingerprint density at radius 1 is 1.08 bits per heavy atom. The number of rotatable bonds is 2. The van der Waals surface area contributed by atoms with Gasteiger partial charge in [-0.05, 0) is 42.0 Å². The van der Waals surface area contributed by atoms with Crippen molar-refractivity contribution >= 4 is 11.9 Å². The largest absolute Gasteiger partial charge is 0.493 e.